The van der Waals surface area contributed by atoms with E-state index in [2.05, 4.69) is 5.10 Å². The van der Waals surface area contributed by atoms with Crippen molar-refractivity contribution < 1.29 is 9.84 Å². The summed E-state index contributed by atoms with van der Waals surface area (Å²) in [7, 11) is 0. The molecule has 3 N–H and O–H groups in total. The normalized spacial score (nSPS) is 10.6. The lowest BCUT2D eigenvalue weighted by Crippen LogP contribution is -2.09. The van der Waals surface area contributed by atoms with Gasteiger partial charge < -0.3 is 15.6 Å². The van der Waals surface area contributed by atoms with E-state index in [0.717, 1.165) is 16.9 Å². The Labute approximate surface area is 106 Å². The number of ether oxygens (including phenoxy) is 1. The SMILES string of the molecule is Cc1nn(-c2ccccc2)c(OCCO)c1CN. The van der Waals surface area contributed by atoms with Gasteiger partial charge in [-0.15, -0.1) is 0 Å². The molecule has 0 bridgehead atoms. The number of hydrogen-bond donors (Lipinski definition) is 2. The predicted octanol–water partition coefficient (Wildman–Crippen LogP) is 1.01. The van der Waals surface area contributed by atoms with Crippen LogP contribution in [0.3, 0.4) is 0 Å². The molecule has 96 valence electrons. The van der Waals surface area contributed by atoms with E-state index in [4.69, 9.17) is 15.6 Å². The average Bonchev–Trinajstić information content (AvgIpc) is 2.73. The molecule has 5 nitrogen and oxygen atoms in total. The van der Waals surface area contributed by atoms with E-state index in [1.165, 1.54) is 0 Å². The molecule has 1 heterocycles. The van der Waals surface area contributed by atoms with Gasteiger partial charge in [0.15, 0.2) is 0 Å². The number of nitrogens with two attached hydrogens (primary N) is 1. The average molecular weight is 247 g/mol. The smallest absolute Gasteiger partial charge is 0.221 e. The van der Waals surface area contributed by atoms with Crippen molar-refractivity contribution in [2.45, 2.75) is 13.5 Å². The van der Waals surface area contributed by atoms with Gasteiger partial charge >= 0.3 is 0 Å². The molecule has 5 heteroatoms. The Hall–Kier alpha value is -1.85. The maximum Gasteiger partial charge on any atom is 0.221 e. The van der Waals surface area contributed by atoms with Crippen LogP contribution in [0, 0.1) is 6.92 Å². The van der Waals surface area contributed by atoms with Crippen LogP contribution in [0.5, 0.6) is 5.88 Å². The maximum atomic E-state index is 8.87. The zero-order valence-electron chi connectivity index (χ0n) is 10.3. The molecule has 2 aromatic rings. The van der Waals surface area contributed by atoms with Crippen molar-refractivity contribution in [2.24, 2.45) is 5.73 Å². The molecule has 0 aliphatic rings. The highest BCUT2D eigenvalue weighted by Crippen LogP contribution is 2.25. The van der Waals surface area contributed by atoms with E-state index in [-0.39, 0.29) is 13.2 Å². The molecular formula is C13H17N3O2. The molecule has 0 fully saturated rings. The summed E-state index contributed by atoms with van der Waals surface area (Å²) in [6, 6.07) is 9.70. The summed E-state index contributed by atoms with van der Waals surface area (Å²) in [6.07, 6.45) is 0. The number of rotatable bonds is 5. The zero-order valence-corrected chi connectivity index (χ0v) is 10.3. The molecule has 2 rings (SSSR count). The third-order valence-corrected chi connectivity index (χ3v) is 2.67. The summed E-state index contributed by atoms with van der Waals surface area (Å²) in [5, 5.41) is 13.3. The van der Waals surface area contributed by atoms with Gasteiger partial charge in [0.2, 0.25) is 5.88 Å². The highest BCUT2D eigenvalue weighted by molar-refractivity contribution is 5.41. The zero-order chi connectivity index (χ0) is 13.0. The Morgan fingerprint density at radius 1 is 1.33 bits per heavy atom. The van der Waals surface area contributed by atoms with Crippen LogP contribution in [0.2, 0.25) is 0 Å². The fraction of sp³-hybridized carbons (Fsp3) is 0.308. The standard InChI is InChI=1S/C13H17N3O2/c1-10-12(9-14)13(18-8-7-17)16(15-10)11-5-3-2-4-6-11/h2-6,17H,7-9,14H2,1H3. The summed E-state index contributed by atoms with van der Waals surface area (Å²) >= 11 is 0. The lowest BCUT2D eigenvalue weighted by molar-refractivity contribution is 0.192. The molecular weight excluding hydrogens is 230 g/mol. The van der Waals surface area contributed by atoms with Gasteiger partial charge in [0.25, 0.3) is 0 Å². The lowest BCUT2D eigenvalue weighted by Gasteiger charge is -2.09. The molecule has 0 saturated carbocycles. The fourth-order valence-corrected chi connectivity index (χ4v) is 1.81. The molecule has 1 aromatic heterocycles. The first-order valence-electron chi connectivity index (χ1n) is 5.85. The Morgan fingerprint density at radius 2 is 2.06 bits per heavy atom. The number of para-hydroxylation sites is 1. The Balaban J connectivity index is 2.46. The summed E-state index contributed by atoms with van der Waals surface area (Å²) in [5.41, 5.74) is 8.34. The molecule has 0 saturated heterocycles. The van der Waals surface area contributed by atoms with Gasteiger partial charge in [-0.1, -0.05) is 18.2 Å². The van der Waals surface area contributed by atoms with E-state index in [9.17, 15) is 0 Å². The molecule has 0 aliphatic heterocycles. The van der Waals surface area contributed by atoms with E-state index < -0.39 is 0 Å². The second-order valence-electron chi connectivity index (χ2n) is 3.89. The lowest BCUT2D eigenvalue weighted by atomic mass is 10.2. The number of aryl methyl sites for hydroxylation is 1. The van der Waals surface area contributed by atoms with Crippen molar-refractivity contribution in [1.29, 1.82) is 0 Å². The van der Waals surface area contributed by atoms with Gasteiger partial charge in [-0.2, -0.15) is 5.10 Å². The van der Waals surface area contributed by atoms with Crippen LogP contribution in [-0.4, -0.2) is 28.1 Å². The number of nitrogens with zero attached hydrogens (tertiary/aromatic N) is 2. The van der Waals surface area contributed by atoms with Crippen LogP contribution in [0.25, 0.3) is 5.69 Å². The molecule has 0 aliphatic carbocycles. The van der Waals surface area contributed by atoms with Crippen molar-refractivity contribution in [3.8, 4) is 11.6 Å². The first kappa shape index (κ1) is 12.6. The van der Waals surface area contributed by atoms with Gasteiger partial charge in [0.1, 0.15) is 6.61 Å². The second kappa shape index (κ2) is 5.66. The number of aliphatic hydroxyl groups excluding tert-OH is 1. The van der Waals surface area contributed by atoms with E-state index >= 15 is 0 Å². The van der Waals surface area contributed by atoms with Gasteiger partial charge in [0, 0.05) is 6.54 Å². The monoisotopic (exact) mass is 247 g/mol. The first-order chi connectivity index (χ1) is 8.77. The van der Waals surface area contributed by atoms with Crippen LogP contribution < -0.4 is 10.5 Å². The van der Waals surface area contributed by atoms with Gasteiger partial charge in [0.05, 0.1) is 23.6 Å². The Morgan fingerprint density at radius 3 is 2.67 bits per heavy atom. The summed E-state index contributed by atoms with van der Waals surface area (Å²) in [4.78, 5) is 0. The predicted molar refractivity (Wildman–Crippen MR) is 68.8 cm³/mol. The van der Waals surface area contributed by atoms with Crippen molar-refractivity contribution in [1.82, 2.24) is 9.78 Å². The summed E-state index contributed by atoms with van der Waals surface area (Å²) in [6.45, 7) is 2.45. The molecule has 0 amide bonds. The maximum absolute atomic E-state index is 8.87. The van der Waals surface area contributed by atoms with Crippen molar-refractivity contribution in [3.05, 3.63) is 41.6 Å². The van der Waals surface area contributed by atoms with Crippen molar-refractivity contribution in [3.63, 3.8) is 0 Å². The number of aromatic nitrogens is 2. The van der Waals surface area contributed by atoms with Crippen LogP contribution in [0.15, 0.2) is 30.3 Å². The van der Waals surface area contributed by atoms with E-state index in [1.807, 2.05) is 37.3 Å². The fourth-order valence-electron chi connectivity index (χ4n) is 1.81. The molecule has 1 aromatic carbocycles. The molecule has 0 unspecified atom stereocenters. The number of hydrogen-bond acceptors (Lipinski definition) is 4. The minimum absolute atomic E-state index is 0.0387. The largest absolute Gasteiger partial charge is 0.475 e. The molecule has 0 atom stereocenters. The number of aliphatic hydroxyl groups is 1. The molecule has 0 radical (unpaired) electrons. The van der Waals surface area contributed by atoms with Crippen molar-refractivity contribution >= 4 is 0 Å². The Kier molecular flexibility index (Phi) is 3.96. The topological polar surface area (TPSA) is 73.3 Å². The summed E-state index contributed by atoms with van der Waals surface area (Å²) in [5.74, 6) is 0.607. The highest BCUT2D eigenvalue weighted by atomic mass is 16.5. The third-order valence-electron chi connectivity index (χ3n) is 2.67. The van der Waals surface area contributed by atoms with Gasteiger partial charge in [-0.3, -0.25) is 0 Å². The van der Waals surface area contributed by atoms with Crippen molar-refractivity contribution in [2.75, 3.05) is 13.2 Å². The first-order valence-corrected chi connectivity index (χ1v) is 5.85. The van der Waals surface area contributed by atoms with Gasteiger partial charge in [-0.05, 0) is 19.1 Å². The van der Waals surface area contributed by atoms with Crippen LogP contribution in [0.4, 0.5) is 0 Å². The molecule has 0 spiro atoms. The van der Waals surface area contributed by atoms with Gasteiger partial charge in [-0.25, -0.2) is 4.68 Å². The summed E-state index contributed by atoms with van der Waals surface area (Å²) < 4.78 is 7.27. The van der Waals surface area contributed by atoms with Crippen LogP contribution in [-0.2, 0) is 6.54 Å². The van der Waals surface area contributed by atoms with E-state index in [0.29, 0.717) is 12.4 Å². The highest BCUT2D eigenvalue weighted by Gasteiger charge is 2.16. The minimum atomic E-state index is -0.0387. The second-order valence-corrected chi connectivity index (χ2v) is 3.89. The van der Waals surface area contributed by atoms with Crippen LogP contribution in [0.1, 0.15) is 11.3 Å². The Bertz CT molecular complexity index is 508. The third kappa shape index (κ3) is 2.37. The molecule has 18 heavy (non-hydrogen) atoms. The quantitative estimate of drug-likeness (QED) is 0.827. The minimum Gasteiger partial charge on any atom is -0.475 e. The number of benzene rings is 1. The van der Waals surface area contributed by atoms with E-state index in [1.54, 1.807) is 4.68 Å². The van der Waals surface area contributed by atoms with Crippen LogP contribution >= 0.6 is 0 Å².